The van der Waals surface area contributed by atoms with Crippen LogP contribution >= 0.6 is 0 Å². The van der Waals surface area contributed by atoms with Crippen LogP contribution in [0.25, 0.3) is 0 Å². The lowest BCUT2D eigenvalue weighted by Gasteiger charge is -2.39. The molecule has 2 fully saturated rings. The van der Waals surface area contributed by atoms with Crippen molar-refractivity contribution < 1.29 is 18.7 Å². The highest BCUT2D eigenvalue weighted by Crippen LogP contribution is 2.40. The second kappa shape index (κ2) is 12.3. The van der Waals surface area contributed by atoms with Gasteiger partial charge in [-0.15, -0.1) is 6.58 Å². The van der Waals surface area contributed by atoms with Gasteiger partial charge in [-0.1, -0.05) is 44.0 Å². The average molecular weight is 534 g/mol. The van der Waals surface area contributed by atoms with Crippen molar-refractivity contribution in [2.24, 2.45) is 5.92 Å². The molecule has 208 valence electrons. The van der Waals surface area contributed by atoms with E-state index in [1.807, 2.05) is 34.9 Å². The van der Waals surface area contributed by atoms with Gasteiger partial charge in [0.15, 0.2) is 6.10 Å². The van der Waals surface area contributed by atoms with E-state index in [4.69, 9.17) is 4.74 Å². The summed E-state index contributed by atoms with van der Waals surface area (Å²) in [4.78, 5) is 33.2. The zero-order chi connectivity index (χ0) is 27.4. The number of hydrogen-bond donors (Lipinski definition) is 0. The Labute approximate surface area is 231 Å². The Kier molecular flexibility index (Phi) is 8.66. The number of halogens is 1. The van der Waals surface area contributed by atoms with E-state index in [9.17, 15) is 14.0 Å². The molecule has 1 saturated heterocycles. The number of rotatable bonds is 8. The Hall–Kier alpha value is -3.19. The molecule has 2 unspecified atom stereocenters. The molecule has 3 aliphatic rings. The van der Waals surface area contributed by atoms with E-state index in [1.54, 1.807) is 12.1 Å². The third kappa shape index (κ3) is 6.03. The third-order valence-corrected chi connectivity index (χ3v) is 8.51. The number of piperazine rings is 1. The number of carbonyl (C=O) groups is 2. The maximum Gasteiger partial charge on any atom is 0.263 e. The van der Waals surface area contributed by atoms with Crippen LogP contribution in [0.15, 0.2) is 55.1 Å². The molecule has 0 spiro atoms. The summed E-state index contributed by atoms with van der Waals surface area (Å²) in [6.45, 7) is 10.3. The summed E-state index contributed by atoms with van der Waals surface area (Å²) < 4.78 is 20.2. The van der Waals surface area contributed by atoms with Gasteiger partial charge in [0, 0.05) is 45.2 Å². The molecular formula is C32H40FN3O3. The van der Waals surface area contributed by atoms with Gasteiger partial charge in [-0.3, -0.25) is 14.5 Å². The van der Waals surface area contributed by atoms with Crippen LogP contribution in [0.3, 0.4) is 0 Å². The summed E-state index contributed by atoms with van der Waals surface area (Å²) in [6.07, 6.45) is 6.71. The van der Waals surface area contributed by atoms with Gasteiger partial charge in [-0.25, -0.2) is 4.39 Å². The highest BCUT2D eigenvalue weighted by molar-refractivity contribution is 5.82. The highest BCUT2D eigenvalue weighted by Gasteiger charge is 2.37. The lowest BCUT2D eigenvalue weighted by atomic mass is 9.87. The fourth-order valence-electron chi connectivity index (χ4n) is 6.33. The van der Waals surface area contributed by atoms with Gasteiger partial charge in [-0.05, 0) is 66.6 Å². The van der Waals surface area contributed by atoms with Gasteiger partial charge in [0.05, 0.1) is 6.04 Å². The normalized spacial score (nSPS) is 20.9. The van der Waals surface area contributed by atoms with Crippen molar-refractivity contribution in [3.8, 4) is 5.75 Å². The van der Waals surface area contributed by atoms with E-state index >= 15 is 0 Å². The van der Waals surface area contributed by atoms with Gasteiger partial charge in [-0.2, -0.15) is 0 Å². The molecule has 1 saturated carbocycles. The molecule has 2 heterocycles. The van der Waals surface area contributed by atoms with Gasteiger partial charge < -0.3 is 14.5 Å². The summed E-state index contributed by atoms with van der Waals surface area (Å²) >= 11 is 0. The smallest absolute Gasteiger partial charge is 0.263 e. The monoisotopic (exact) mass is 533 g/mol. The van der Waals surface area contributed by atoms with Crippen molar-refractivity contribution in [3.63, 3.8) is 0 Å². The first-order valence-electron chi connectivity index (χ1n) is 14.5. The van der Waals surface area contributed by atoms with Gasteiger partial charge in [0.1, 0.15) is 11.6 Å². The lowest BCUT2D eigenvalue weighted by molar-refractivity contribution is -0.140. The number of nitrogens with zero attached hydrogens (tertiary/aromatic N) is 3. The predicted molar refractivity (Wildman–Crippen MR) is 150 cm³/mol. The molecule has 2 aliphatic heterocycles. The minimum atomic E-state index is -0.571. The van der Waals surface area contributed by atoms with Crippen LogP contribution in [0.1, 0.15) is 61.8 Å². The quantitative estimate of drug-likeness (QED) is 0.450. The SMILES string of the molecule is C=CCN1CCN(C(=O)C(CC)Oc2ccc3c(c2)C(c2ccc(F)cc2)N(C(=O)C2CCCC2)CC3)CC1. The first-order valence-corrected chi connectivity index (χ1v) is 14.5. The second-order valence-corrected chi connectivity index (χ2v) is 11.0. The molecule has 6 nitrogen and oxygen atoms in total. The zero-order valence-corrected chi connectivity index (χ0v) is 23.0. The van der Waals surface area contributed by atoms with Crippen molar-refractivity contribution in [1.29, 1.82) is 0 Å². The molecule has 5 rings (SSSR count). The fourth-order valence-corrected chi connectivity index (χ4v) is 6.33. The van der Waals surface area contributed by atoms with Crippen molar-refractivity contribution in [2.75, 3.05) is 39.3 Å². The summed E-state index contributed by atoms with van der Waals surface area (Å²) in [6, 6.07) is 12.2. The second-order valence-electron chi connectivity index (χ2n) is 11.0. The third-order valence-electron chi connectivity index (χ3n) is 8.51. The predicted octanol–water partition coefficient (Wildman–Crippen LogP) is 4.98. The van der Waals surface area contributed by atoms with Crippen molar-refractivity contribution >= 4 is 11.8 Å². The highest BCUT2D eigenvalue weighted by atomic mass is 19.1. The molecule has 2 amide bonds. The molecule has 0 aromatic heterocycles. The van der Waals surface area contributed by atoms with Gasteiger partial charge in [0.2, 0.25) is 5.91 Å². The van der Waals surface area contributed by atoms with Crippen LogP contribution < -0.4 is 4.74 Å². The Bertz CT molecular complexity index is 1170. The van der Waals surface area contributed by atoms with Gasteiger partial charge in [0.25, 0.3) is 5.91 Å². The Balaban J connectivity index is 1.39. The van der Waals surface area contributed by atoms with Crippen molar-refractivity contribution in [2.45, 2.75) is 57.6 Å². The first-order chi connectivity index (χ1) is 19.0. The molecule has 2 aromatic rings. The Morgan fingerprint density at radius 2 is 1.77 bits per heavy atom. The lowest BCUT2D eigenvalue weighted by Crippen LogP contribution is -2.52. The molecule has 2 atom stereocenters. The molecule has 1 aliphatic carbocycles. The number of amides is 2. The molecule has 39 heavy (non-hydrogen) atoms. The summed E-state index contributed by atoms with van der Waals surface area (Å²) in [5.74, 6) is 0.595. The van der Waals surface area contributed by atoms with E-state index < -0.39 is 6.10 Å². The van der Waals surface area contributed by atoms with Crippen LogP contribution in [0, 0.1) is 11.7 Å². The topological polar surface area (TPSA) is 53.1 Å². The largest absolute Gasteiger partial charge is 0.481 e. The van der Waals surface area contributed by atoms with Crippen LogP contribution in [-0.2, 0) is 16.0 Å². The molecule has 0 N–H and O–H groups in total. The Morgan fingerprint density at radius 3 is 2.44 bits per heavy atom. The van der Waals surface area contributed by atoms with E-state index in [1.165, 1.54) is 12.1 Å². The number of carbonyl (C=O) groups excluding carboxylic acids is 2. The number of ether oxygens (including phenoxy) is 1. The zero-order valence-electron chi connectivity index (χ0n) is 23.0. The minimum absolute atomic E-state index is 0.0154. The summed E-state index contributed by atoms with van der Waals surface area (Å²) in [7, 11) is 0. The minimum Gasteiger partial charge on any atom is -0.481 e. The maximum atomic E-state index is 13.8. The van der Waals surface area contributed by atoms with Gasteiger partial charge >= 0.3 is 0 Å². The van der Waals surface area contributed by atoms with E-state index in [0.717, 1.165) is 68.4 Å². The number of benzene rings is 2. The average Bonchev–Trinajstić information content (AvgIpc) is 3.51. The van der Waals surface area contributed by atoms with Crippen LogP contribution in [0.4, 0.5) is 4.39 Å². The molecular weight excluding hydrogens is 493 g/mol. The van der Waals surface area contributed by atoms with Crippen molar-refractivity contribution in [3.05, 3.63) is 77.6 Å². The number of hydrogen-bond acceptors (Lipinski definition) is 4. The number of fused-ring (bicyclic) bond motifs is 1. The van der Waals surface area contributed by atoms with E-state index in [0.29, 0.717) is 31.8 Å². The maximum absolute atomic E-state index is 13.8. The molecule has 0 radical (unpaired) electrons. The molecule has 0 bridgehead atoms. The van der Waals surface area contributed by atoms with E-state index in [2.05, 4.69) is 17.5 Å². The van der Waals surface area contributed by atoms with Crippen molar-refractivity contribution in [1.82, 2.24) is 14.7 Å². The summed E-state index contributed by atoms with van der Waals surface area (Å²) in [5.41, 5.74) is 3.04. The van der Waals surface area contributed by atoms with Crippen LogP contribution in [0.5, 0.6) is 5.75 Å². The molecule has 2 aromatic carbocycles. The fraction of sp³-hybridized carbons (Fsp3) is 0.500. The Morgan fingerprint density at radius 1 is 1.05 bits per heavy atom. The van der Waals surface area contributed by atoms with Crippen LogP contribution in [-0.4, -0.2) is 71.9 Å². The summed E-state index contributed by atoms with van der Waals surface area (Å²) in [5, 5.41) is 0. The molecule has 7 heteroatoms. The standard InChI is InChI=1S/C32H40FN3O3/c1-3-16-34-18-20-35(21-19-34)32(38)29(4-2)39-27-14-11-23-15-17-36(31(37)25-7-5-6-8-25)30(28(23)22-27)24-9-12-26(33)13-10-24/h3,9-14,22,25,29-30H,1,4-8,15-21H2,2H3. The van der Waals surface area contributed by atoms with Crippen LogP contribution in [0.2, 0.25) is 0 Å². The van der Waals surface area contributed by atoms with E-state index in [-0.39, 0.29) is 29.6 Å². The first kappa shape index (κ1) is 27.4.